The van der Waals surface area contributed by atoms with Crippen LogP contribution in [0.15, 0.2) is 97.4 Å². The number of benzene rings is 2. The highest BCUT2D eigenvalue weighted by atomic mass is 32.1. The Labute approximate surface area is 169 Å². The highest BCUT2D eigenvalue weighted by Crippen LogP contribution is 2.28. The highest BCUT2D eigenvalue weighted by molar-refractivity contribution is 7.08. The van der Waals surface area contributed by atoms with E-state index in [0.29, 0.717) is 0 Å². The number of furan rings is 1. The van der Waals surface area contributed by atoms with E-state index in [9.17, 15) is 0 Å². The molecule has 6 heteroatoms. The summed E-state index contributed by atoms with van der Waals surface area (Å²) < 4.78 is 7.91. The fourth-order valence-corrected chi connectivity index (χ4v) is 4.30. The molecule has 28 heavy (non-hydrogen) atoms. The van der Waals surface area contributed by atoms with Gasteiger partial charge in [0, 0.05) is 16.3 Å². The molecule has 3 heterocycles. The molecule has 2 aromatic carbocycles. The van der Waals surface area contributed by atoms with Crippen LogP contribution in [0.4, 0.5) is 5.69 Å². The molecule has 0 fully saturated rings. The van der Waals surface area contributed by atoms with Gasteiger partial charge < -0.3 is 4.42 Å². The van der Waals surface area contributed by atoms with Gasteiger partial charge in [-0.2, -0.15) is 16.4 Å². The quantitative estimate of drug-likeness (QED) is 0.334. The first-order chi connectivity index (χ1) is 13.9. The molecule has 0 radical (unpaired) electrons. The third kappa shape index (κ3) is 3.35. The van der Waals surface area contributed by atoms with E-state index in [0.717, 1.165) is 38.5 Å². The van der Waals surface area contributed by atoms with Crippen molar-refractivity contribution in [1.29, 1.82) is 0 Å². The maximum absolute atomic E-state index is 6.07. The molecule has 3 aromatic heterocycles. The van der Waals surface area contributed by atoms with Crippen molar-refractivity contribution in [1.82, 2.24) is 4.68 Å². The number of rotatable bonds is 4. The lowest BCUT2D eigenvalue weighted by Gasteiger charge is -2.00. The molecule has 4 nitrogen and oxygen atoms in total. The average molecular weight is 402 g/mol. The van der Waals surface area contributed by atoms with Crippen LogP contribution in [0.1, 0.15) is 5.56 Å². The summed E-state index contributed by atoms with van der Waals surface area (Å²) in [5.41, 5.74) is 3.69. The first kappa shape index (κ1) is 16.9. The van der Waals surface area contributed by atoms with Gasteiger partial charge in [0.25, 0.3) is 0 Å². The Morgan fingerprint density at radius 2 is 1.79 bits per heavy atom. The molecule has 0 aliphatic heterocycles. The van der Waals surface area contributed by atoms with Crippen molar-refractivity contribution in [3.05, 3.63) is 93.2 Å². The lowest BCUT2D eigenvalue weighted by molar-refractivity contribution is 0.622. The monoisotopic (exact) mass is 401 g/mol. The van der Waals surface area contributed by atoms with Gasteiger partial charge in [-0.1, -0.05) is 36.4 Å². The minimum Gasteiger partial charge on any atom is -0.454 e. The van der Waals surface area contributed by atoms with Crippen molar-refractivity contribution in [2.75, 3.05) is 0 Å². The van der Waals surface area contributed by atoms with E-state index in [4.69, 9.17) is 14.5 Å². The number of para-hydroxylation sites is 2. The van der Waals surface area contributed by atoms with Gasteiger partial charge in [-0.25, -0.2) is 9.67 Å². The SMILES string of the molecule is C(=Nn1c(-c2cc3ccccc3o2)csc1=Nc1ccccc1)c1ccsc1. The zero-order valence-electron chi connectivity index (χ0n) is 14.7. The smallest absolute Gasteiger partial charge is 0.211 e. The summed E-state index contributed by atoms with van der Waals surface area (Å²) in [7, 11) is 0. The number of hydrogen-bond donors (Lipinski definition) is 0. The molecule has 0 amide bonds. The predicted molar refractivity (Wildman–Crippen MR) is 116 cm³/mol. The Hall–Kier alpha value is -3.22. The summed E-state index contributed by atoms with van der Waals surface area (Å²) in [5.74, 6) is 0.773. The van der Waals surface area contributed by atoms with Crippen LogP contribution >= 0.6 is 22.7 Å². The van der Waals surface area contributed by atoms with Crippen LogP contribution in [-0.2, 0) is 0 Å². The van der Waals surface area contributed by atoms with Gasteiger partial charge in [-0.3, -0.25) is 0 Å². The summed E-state index contributed by atoms with van der Waals surface area (Å²) in [5, 5.41) is 11.9. The molecule has 136 valence electrons. The molecule has 0 bridgehead atoms. The van der Waals surface area contributed by atoms with Crippen molar-refractivity contribution in [2.24, 2.45) is 10.1 Å². The van der Waals surface area contributed by atoms with Crippen LogP contribution in [-0.4, -0.2) is 10.9 Å². The van der Waals surface area contributed by atoms with Gasteiger partial charge >= 0.3 is 0 Å². The molecule has 0 spiro atoms. The Balaban J connectivity index is 1.67. The molecule has 5 rings (SSSR count). The molecule has 0 aliphatic carbocycles. The van der Waals surface area contributed by atoms with Crippen LogP contribution in [0.2, 0.25) is 0 Å². The number of hydrogen-bond acceptors (Lipinski definition) is 5. The normalized spacial score (nSPS) is 12.4. The minimum absolute atomic E-state index is 0.773. The Bertz CT molecular complexity index is 1280. The van der Waals surface area contributed by atoms with Crippen LogP contribution in [0.3, 0.4) is 0 Å². The molecule has 0 saturated carbocycles. The lowest BCUT2D eigenvalue weighted by Crippen LogP contribution is -2.11. The van der Waals surface area contributed by atoms with Crippen LogP contribution in [0.5, 0.6) is 0 Å². The van der Waals surface area contributed by atoms with E-state index in [2.05, 4.69) is 5.38 Å². The number of aromatic nitrogens is 1. The summed E-state index contributed by atoms with van der Waals surface area (Å²) >= 11 is 3.19. The van der Waals surface area contributed by atoms with E-state index < -0.39 is 0 Å². The highest BCUT2D eigenvalue weighted by Gasteiger charge is 2.12. The lowest BCUT2D eigenvalue weighted by atomic mass is 10.2. The fraction of sp³-hybridized carbons (Fsp3) is 0. The van der Waals surface area contributed by atoms with Crippen LogP contribution in [0, 0.1) is 0 Å². The molecule has 0 N–H and O–H groups in total. The number of fused-ring (bicyclic) bond motifs is 1. The maximum Gasteiger partial charge on any atom is 0.211 e. The van der Waals surface area contributed by atoms with Crippen molar-refractivity contribution in [2.45, 2.75) is 0 Å². The van der Waals surface area contributed by atoms with Crippen molar-refractivity contribution >= 4 is 45.5 Å². The zero-order valence-corrected chi connectivity index (χ0v) is 16.4. The molecule has 0 saturated heterocycles. The summed E-state index contributed by atoms with van der Waals surface area (Å²) in [6.07, 6.45) is 1.85. The topological polar surface area (TPSA) is 42.8 Å². The van der Waals surface area contributed by atoms with Crippen molar-refractivity contribution in [3.8, 4) is 11.5 Å². The largest absolute Gasteiger partial charge is 0.454 e. The second-order valence-electron chi connectivity index (χ2n) is 6.11. The zero-order chi connectivity index (χ0) is 18.8. The molecular formula is C22H15N3OS2. The van der Waals surface area contributed by atoms with E-state index in [-0.39, 0.29) is 0 Å². The third-order valence-electron chi connectivity index (χ3n) is 4.21. The number of nitrogens with zero attached hydrogens (tertiary/aromatic N) is 3. The van der Waals surface area contributed by atoms with Gasteiger partial charge in [0.15, 0.2) is 5.76 Å². The second-order valence-corrected chi connectivity index (χ2v) is 7.73. The van der Waals surface area contributed by atoms with Crippen LogP contribution < -0.4 is 4.80 Å². The Morgan fingerprint density at radius 3 is 2.61 bits per heavy atom. The van der Waals surface area contributed by atoms with Gasteiger partial charge in [0.1, 0.15) is 11.3 Å². The van der Waals surface area contributed by atoms with Crippen LogP contribution in [0.25, 0.3) is 22.4 Å². The van der Waals surface area contributed by atoms with Crippen molar-refractivity contribution in [3.63, 3.8) is 0 Å². The number of thiophene rings is 1. The third-order valence-corrected chi connectivity index (χ3v) is 5.73. The predicted octanol–water partition coefficient (Wildman–Crippen LogP) is 6.14. The van der Waals surface area contributed by atoms with E-state index in [1.54, 1.807) is 11.3 Å². The van der Waals surface area contributed by atoms with Gasteiger partial charge in [-0.05, 0) is 41.1 Å². The van der Waals surface area contributed by atoms with Crippen molar-refractivity contribution < 1.29 is 4.42 Å². The standard InChI is InChI=1S/C22H15N3OS2/c1-2-7-18(8-3-1)24-22-25(23-13-16-10-11-27-14-16)19(15-28-22)21-12-17-6-4-5-9-20(17)26-21/h1-15H. The van der Waals surface area contributed by atoms with Gasteiger partial charge in [0.2, 0.25) is 4.80 Å². The molecule has 5 aromatic rings. The summed E-state index contributed by atoms with van der Waals surface area (Å²) in [4.78, 5) is 5.56. The second kappa shape index (κ2) is 7.42. The first-order valence-corrected chi connectivity index (χ1v) is 10.5. The maximum atomic E-state index is 6.07. The van der Waals surface area contributed by atoms with E-state index in [1.807, 2.05) is 88.4 Å². The fourth-order valence-electron chi connectivity index (χ4n) is 2.85. The molecule has 0 aliphatic rings. The first-order valence-electron chi connectivity index (χ1n) is 8.73. The molecule has 0 unspecified atom stereocenters. The summed E-state index contributed by atoms with van der Waals surface area (Å²) in [6.45, 7) is 0. The van der Waals surface area contributed by atoms with E-state index >= 15 is 0 Å². The molecule has 0 atom stereocenters. The number of thiazole rings is 1. The summed E-state index contributed by atoms with van der Waals surface area (Å²) in [6, 6.07) is 22.0. The van der Waals surface area contributed by atoms with Gasteiger partial charge in [0.05, 0.1) is 11.9 Å². The Kier molecular flexibility index (Phi) is 4.48. The average Bonchev–Trinajstić information content (AvgIpc) is 3.46. The minimum atomic E-state index is 0.773. The van der Waals surface area contributed by atoms with Gasteiger partial charge in [-0.15, -0.1) is 11.3 Å². The Morgan fingerprint density at radius 1 is 0.929 bits per heavy atom. The molecular weight excluding hydrogens is 386 g/mol. The van der Waals surface area contributed by atoms with E-state index in [1.165, 1.54) is 11.3 Å².